The lowest BCUT2D eigenvalue weighted by Crippen LogP contribution is -2.45. The van der Waals surface area contributed by atoms with Crippen molar-refractivity contribution in [1.82, 2.24) is 4.57 Å². The van der Waals surface area contributed by atoms with Crippen molar-refractivity contribution in [2.45, 2.75) is 45.1 Å². The molecule has 4 aliphatic carbocycles. The molecule has 0 unspecified atom stereocenters. The average Bonchev–Trinajstić information content (AvgIpc) is 2.69. The molecule has 102 valence electrons. The molecule has 19 heavy (non-hydrogen) atoms. The maximum Gasteiger partial charge on any atom is 0.337 e. The second-order valence-corrected chi connectivity index (χ2v) is 7.03. The first kappa shape index (κ1) is 11.6. The summed E-state index contributed by atoms with van der Waals surface area (Å²) in [5.74, 6) is 2.73. The van der Waals surface area contributed by atoms with Crippen molar-refractivity contribution in [3.8, 4) is 0 Å². The van der Waals surface area contributed by atoms with Crippen LogP contribution in [0.5, 0.6) is 0 Å². The number of rotatable bonds is 2. The van der Waals surface area contributed by atoms with Crippen molar-refractivity contribution in [3.63, 3.8) is 0 Å². The molecule has 1 heterocycles. The van der Waals surface area contributed by atoms with E-state index in [4.69, 9.17) is 0 Å². The van der Waals surface area contributed by atoms with Gasteiger partial charge in [-0.2, -0.15) is 0 Å². The second kappa shape index (κ2) is 3.87. The van der Waals surface area contributed by atoms with Crippen LogP contribution >= 0.6 is 0 Å². The number of aromatic carboxylic acids is 1. The van der Waals surface area contributed by atoms with E-state index in [2.05, 4.69) is 10.8 Å². The smallest absolute Gasteiger partial charge is 0.337 e. The Morgan fingerprint density at radius 3 is 2.16 bits per heavy atom. The minimum atomic E-state index is -0.792. The van der Waals surface area contributed by atoms with E-state index in [1.54, 1.807) is 0 Å². The molecule has 4 saturated carbocycles. The summed E-state index contributed by atoms with van der Waals surface area (Å²) >= 11 is 0. The fraction of sp³-hybridized carbons (Fsp3) is 0.688. The van der Waals surface area contributed by atoms with Gasteiger partial charge in [0.2, 0.25) is 0 Å². The third-order valence-electron chi connectivity index (χ3n) is 5.80. The number of carbonyl (C=O) groups is 1. The zero-order chi connectivity index (χ0) is 13.1. The van der Waals surface area contributed by atoms with Gasteiger partial charge in [0, 0.05) is 18.4 Å². The number of aromatic nitrogens is 1. The standard InChI is InChI=1S/C16H21NO2/c1-9-7-17(8-14(9)16(18)19)15-12-3-10-2-11(5-12)6-13(15)4-10/h7-8,10-13,15H,2-6H2,1H3,(H,18,19). The maximum atomic E-state index is 11.2. The van der Waals surface area contributed by atoms with E-state index in [9.17, 15) is 9.90 Å². The van der Waals surface area contributed by atoms with Crippen LogP contribution in [-0.4, -0.2) is 15.6 Å². The van der Waals surface area contributed by atoms with Gasteiger partial charge in [0.1, 0.15) is 0 Å². The molecule has 0 aliphatic heterocycles. The minimum Gasteiger partial charge on any atom is -0.478 e. The van der Waals surface area contributed by atoms with Crippen LogP contribution < -0.4 is 0 Å². The molecule has 4 aliphatic rings. The summed E-state index contributed by atoms with van der Waals surface area (Å²) in [4.78, 5) is 11.2. The highest BCUT2D eigenvalue weighted by atomic mass is 16.4. The van der Waals surface area contributed by atoms with Gasteiger partial charge >= 0.3 is 5.97 Å². The van der Waals surface area contributed by atoms with Crippen molar-refractivity contribution < 1.29 is 9.90 Å². The number of hydrogen-bond donors (Lipinski definition) is 1. The summed E-state index contributed by atoms with van der Waals surface area (Å²) in [6.45, 7) is 1.91. The molecule has 3 heteroatoms. The Morgan fingerprint density at radius 2 is 1.68 bits per heavy atom. The first-order valence-electron chi connectivity index (χ1n) is 7.53. The molecule has 0 atom stereocenters. The van der Waals surface area contributed by atoms with Gasteiger partial charge in [0.05, 0.1) is 5.56 Å². The van der Waals surface area contributed by atoms with E-state index in [-0.39, 0.29) is 0 Å². The van der Waals surface area contributed by atoms with Gasteiger partial charge in [-0.3, -0.25) is 0 Å². The van der Waals surface area contributed by atoms with E-state index in [1.807, 2.05) is 13.1 Å². The lowest BCUT2D eigenvalue weighted by Gasteiger charge is -2.54. The van der Waals surface area contributed by atoms with Gasteiger partial charge < -0.3 is 9.67 Å². The Bertz CT molecular complexity index is 503. The predicted molar refractivity (Wildman–Crippen MR) is 72.2 cm³/mol. The molecule has 1 N–H and O–H groups in total. The van der Waals surface area contributed by atoms with Gasteiger partial charge in [0.25, 0.3) is 0 Å². The number of carboxylic acid groups (broad SMARTS) is 1. The highest BCUT2D eigenvalue weighted by Gasteiger charge is 2.48. The quantitative estimate of drug-likeness (QED) is 0.883. The monoisotopic (exact) mass is 259 g/mol. The van der Waals surface area contributed by atoms with Crippen molar-refractivity contribution in [2.24, 2.45) is 23.7 Å². The normalized spacial score (nSPS) is 39.7. The summed E-state index contributed by atoms with van der Waals surface area (Å²) in [5.41, 5.74) is 1.38. The minimum absolute atomic E-state index is 0.480. The van der Waals surface area contributed by atoms with Gasteiger partial charge in [-0.1, -0.05) is 0 Å². The van der Waals surface area contributed by atoms with Crippen LogP contribution in [0.3, 0.4) is 0 Å². The van der Waals surface area contributed by atoms with Crippen LogP contribution in [0, 0.1) is 30.6 Å². The molecule has 0 radical (unpaired) electrons. The Hall–Kier alpha value is -1.25. The number of nitrogens with zero attached hydrogens (tertiary/aromatic N) is 1. The van der Waals surface area contributed by atoms with Crippen LogP contribution in [0.15, 0.2) is 12.4 Å². The van der Waals surface area contributed by atoms with Crippen molar-refractivity contribution >= 4 is 5.97 Å². The lowest BCUT2D eigenvalue weighted by molar-refractivity contribution is -0.0290. The van der Waals surface area contributed by atoms with E-state index >= 15 is 0 Å². The fourth-order valence-electron chi connectivity index (χ4n) is 5.36. The largest absolute Gasteiger partial charge is 0.478 e. The summed E-state index contributed by atoms with van der Waals surface area (Å²) in [6.07, 6.45) is 10.9. The SMILES string of the molecule is Cc1cn(C2C3CC4CC(C3)CC2C4)cc1C(=O)O. The number of hydrogen-bond acceptors (Lipinski definition) is 1. The molecule has 4 bridgehead atoms. The van der Waals surface area contributed by atoms with E-state index < -0.39 is 5.97 Å². The molecule has 1 aromatic heterocycles. The van der Waals surface area contributed by atoms with Crippen LogP contribution in [0.25, 0.3) is 0 Å². The van der Waals surface area contributed by atoms with Crippen LogP contribution in [0.1, 0.15) is 54.1 Å². The zero-order valence-corrected chi connectivity index (χ0v) is 11.4. The summed E-state index contributed by atoms with van der Waals surface area (Å²) in [6, 6.07) is 0.569. The Kier molecular flexibility index (Phi) is 2.36. The van der Waals surface area contributed by atoms with Crippen LogP contribution in [0.4, 0.5) is 0 Å². The molecule has 3 nitrogen and oxygen atoms in total. The summed E-state index contributed by atoms with van der Waals surface area (Å²) in [5, 5.41) is 9.22. The number of carboxylic acids is 1. The first-order valence-corrected chi connectivity index (χ1v) is 7.53. The molecule has 0 saturated heterocycles. The third-order valence-corrected chi connectivity index (χ3v) is 5.80. The zero-order valence-electron chi connectivity index (χ0n) is 11.4. The highest BCUT2D eigenvalue weighted by Crippen LogP contribution is 2.58. The molecular formula is C16H21NO2. The van der Waals surface area contributed by atoms with Gasteiger partial charge in [-0.05, 0) is 68.3 Å². The van der Waals surface area contributed by atoms with Gasteiger partial charge in [0.15, 0.2) is 0 Å². The first-order chi connectivity index (χ1) is 9.11. The Labute approximate surface area is 113 Å². The molecule has 0 spiro atoms. The topological polar surface area (TPSA) is 42.2 Å². The van der Waals surface area contributed by atoms with Crippen LogP contribution in [-0.2, 0) is 0 Å². The Balaban J connectivity index is 1.69. The van der Waals surface area contributed by atoms with E-state index in [0.717, 1.165) is 29.2 Å². The van der Waals surface area contributed by atoms with Crippen molar-refractivity contribution in [2.75, 3.05) is 0 Å². The molecule has 4 fully saturated rings. The molecular weight excluding hydrogens is 238 g/mol. The van der Waals surface area contributed by atoms with Gasteiger partial charge in [-0.25, -0.2) is 4.79 Å². The van der Waals surface area contributed by atoms with Crippen molar-refractivity contribution in [3.05, 3.63) is 23.5 Å². The second-order valence-electron chi connectivity index (χ2n) is 7.03. The van der Waals surface area contributed by atoms with E-state index in [1.165, 1.54) is 32.1 Å². The van der Waals surface area contributed by atoms with Crippen LogP contribution in [0.2, 0.25) is 0 Å². The molecule has 5 rings (SSSR count). The number of aryl methyl sites for hydroxylation is 1. The Morgan fingerprint density at radius 1 is 1.11 bits per heavy atom. The average molecular weight is 259 g/mol. The summed E-state index contributed by atoms with van der Waals surface area (Å²) < 4.78 is 2.24. The maximum absolute atomic E-state index is 11.2. The molecule has 0 aromatic carbocycles. The predicted octanol–water partition coefficient (Wildman–Crippen LogP) is 3.49. The van der Waals surface area contributed by atoms with E-state index in [0.29, 0.717) is 11.6 Å². The molecule has 0 amide bonds. The fourth-order valence-corrected chi connectivity index (χ4v) is 5.36. The van der Waals surface area contributed by atoms with Crippen molar-refractivity contribution in [1.29, 1.82) is 0 Å². The summed E-state index contributed by atoms with van der Waals surface area (Å²) in [7, 11) is 0. The highest BCUT2D eigenvalue weighted by molar-refractivity contribution is 5.89. The van der Waals surface area contributed by atoms with Gasteiger partial charge in [-0.15, -0.1) is 0 Å². The third kappa shape index (κ3) is 1.67. The molecule has 1 aromatic rings. The lowest BCUT2D eigenvalue weighted by atomic mass is 9.54.